The highest BCUT2D eigenvalue weighted by molar-refractivity contribution is 7.78. The van der Waals surface area contributed by atoms with Crippen LogP contribution < -0.4 is 0 Å². The molecule has 1 fully saturated rings. The molecule has 0 N–H and O–H groups in total. The number of rotatable bonds is 7. The van der Waals surface area contributed by atoms with E-state index in [2.05, 4.69) is 16.7 Å². The van der Waals surface area contributed by atoms with Crippen molar-refractivity contribution in [3.05, 3.63) is 48.6 Å². The molecule has 4 nitrogen and oxygen atoms in total. The number of hydrogen-bond donors (Lipinski definition) is 0. The van der Waals surface area contributed by atoms with E-state index in [0.717, 1.165) is 5.56 Å². The standard InChI is InChI=1S/C17H21NO3S/c1-4-14(18-12-22)16(15-11-20-17(2,3)21-15)19-10-13-8-6-5-7-9-13/h4-9,14-16H,1,10-11H2,2-3H3. The molecule has 1 heterocycles. The lowest BCUT2D eigenvalue weighted by Gasteiger charge is -2.27. The Kier molecular flexibility index (Phi) is 6.00. The largest absolute Gasteiger partial charge is 0.368 e. The summed E-state index contributed by atoms with van der Waals surface area (Å²) in [6, 6.07) is 9.64. The molecule has 5 heteroatoms. The summed E-state index contributed by atoms with van der Waals surface area (Å²) in [5.41, 5.74) is 1.08. The molecule has 0 spiro atoms. The van der Waals surface area contributed by atoms with Gasteiger partial charge in [0, 0.05) is 0 Å². The zero-order chi connectivity index (χ0) is 16.0. The van der Waals surface area contributed by atoms with Crippen molar-refractivity contribution < 1.29 is 14.2 Å². The number of nitrogens with zero attached hydrogens (tertiary/aromatic N) is 1. The summed E-state index contributed by atoms with van der Waals surface area (Å²) in [6.07, 6.45) is 1.15. The summed E-state index contributed by atoms with van der Waals surface area (Å²) in [7, 11) is 0. The van der Waals surface area contributed by atoms with Gasteiger partial charge in [-0.25, -0.2) is 4.99 Å². The van der Waals surface area contributed by atoms with Gasteiger partial charge in [-0.2, -0.15) is 0 Å². The SMILES string of the molecule is C=CC(N=C=S)C(OCc1ccccc1)C1COC(C)(C)O1. The Morgan fingerprint density at radius 1 is 1.50 bits per heavy atom. The minimum Gasteiger partial charge on any atom is -0.368 e. The molecule has 0 aromatic heterocycles. The quantitative estimate of drug-likeness (QED) is 0.439. The Balaban J connectivity index is 2.11. The molecule has 0 aliphatic carbocycles. The van der Waals surface area contributed by atoms with Gasteiger partial charge < -0.3 is 14.2 Å². The average molecular weight is 319 g/mol. The number of hydrogen-bond acceptors (Lipinski definition) is 5. The summed E-state index contributed by atoms with van der Waals surface area (Å²) >= 11 is 4.72. The highest BCUT2D eigenvalue weighted by Gasteiger charge is 2.40. The lowest BCUT2D eigenvalue weighted by atomic mass is 10.1. The van der Waals surface area contributed by atoms with Gasteiger partial charge >= 0.3 is 0 Å². The van der Waals surface area contributed by atoms with Crippen LogP contribution in [0.5, 0.6) is 0 Å². The van der Waals surface area contributed by atoms with E-state index in [1.165, 1.54) is 0 Å². The Bertz CT molecular complexity index is 540. The Hall–Kier alpha value is -1.36. The molecule has 0 saturated carbocycles. The lowest BCUT2D eigenvalue weighted by Crippen LogP contribution is -2.40. The van der Waals surface area contributed by atoms with Crippen LogP contribution >= 0.6 is 12.2 Å². The van der Waals surface area contributed by atoms with Gasteiger partial charge in [-0.3, -0.25) is 0 Å². The van der Waals surface area contributed by atoms with Crippen molar-refractivity contribution >= 4 is 17.4 Å². The molecule has 118 valence electrons. The average Bonchev–Trinajstić information content (AvgIpc) is 2.87. The zero-order valence-electron chi connectivity index (χ0n) is 12.9. The Morgan fingerprint density at radius 3 is 2.77 bits per heavy atom. The number of benzene rings is 1. The van der Waals surface area contributed by atoms with Crippen LogP contribution in [0.2, 0.25) is 0 Å². The Labute approximate surface area is 136 Å². The number of isothiocyanates is 1. The fourth-order valence-corrected chi connectivity index (χ4v) is 2.51. The van der Waals surface area contributed by atoms with Crippen molar-refractivity contribution in [3.8, 4) is 0 Å². The van der Waals surface area contributed by atoms with Crippen LogP contribution in [0, 0.1) is 0 Å². The smallest absolute Gasteiger partial charge is 0.163 e. The van der Waals surface area contributed by atoms with E-state index >= 15 is 0 Å². The van der Waals surface area contributed by atoms with Crippen molar-refractivity contribution in [2.75, 3.05) is 6.61 Å². The molecule has 3 atom stereocenters. The van der Waals surface area contributed by atoms with Crippen LogP contribution in [0.25, 0.3) is 0 Å². The normalized spacial score (nSPS) is 22.5. The first-order valence-electron chi connectivity index (χ1n) is 7.22. The molecular formula is C17H21NO3S. The molecule has 1 aromatic carbocycles. The molecule has 3 unspecified atom stereocenters. The summed E-state index contributed by atoms with van der Waals surface area (Å²) in [6.45, 7) is 8.48. The van der Waals surface area contributed by atoms with Crippen LogP contribution in [-0.4, -0.2) is 35.8 Å². The fraction of sp³-hybridized carbons (Fsp3) is 0.471. The number of ether oxygens (including phenoxy) is 3. The first-order chi connectivity index (χ1) is 10.6. The van der Waals surface area contributed by atoms with E-state index in [4.69, 9.17) is 26.4 Å². The van der Waals surface area contributed by atoms with Gasteiger partial charge in [0.1, 0.15) is 18.2 Å². The highest BCUT2D eigenvalue weighted by atomic mass is 32.1. The van der Waals surface area contributed by atoms with Crippen LogP contribution in [0.1, 0.15) is 19.4 Å². The topological polar surface area (TPSA) is 40.0 Å². The van der Waals surface area contributed by atoms with Crippen molar-refractivity contribution in [1.29, 1.82) is 0 Å². The summed E-state index contributed by atoms with van der Waals surface area (Å²) < 4.78 is 17.6. The van der Waals surface area contributed by atoms with Gasteiger partial charge in [-0.05, 0) is 31.6 Å². The third-order valence-electron chi connectivity index (χ3n) is 3.46. The van der Waals surface area contributed by atoms with Gasteiger partial charge in [0.2, 0.25) is 0 Å². The predicted octanol–water partition coefficient (Wildman–Crippen LogP) is 3.38. The van der Waals surface area contributed by atoms with E-state index in [1.807, 2.05) is 44.2 Å². The fourth-order valence-electron chi connectivity index (χ4n) is 2.39. The van der Waals surface area contributed by atoms with E-state index in [9.17, 15) is 0 Å². The molecule has 2 rings (SSSR count). The predicted molar refractivity (Wildman–Crippen MR) is 88.9 cm³/mol. The third kappa shape index (κ3) is 4.57. The Morgan fingerprint density at radius 2 is 2.23 bits per heavy atom. The molecule has 1 aliphatic rings. The molecule has 0 amide bonds. The van der Waals surface area contributed by atoms with Crippen molar-refractivity contribution in [3.63, 3.8) is 0 Å². The summed E-state index contributed by atoms with van der Waals surface area (Å²) in [5, 5.41) is 2.40. The number of thiocarbonyl (C=S) groups is 1. The lowest BCUT2D eigenvalue weighted by molar-refractivity contribution is -0.158. The van der Waals surface area contributed by atoms with Crippen LogP contribution in [-0.2, 0) is 20.8 Å². The first-order valence-corrected chi connectivity index (χ1v) is 7.63. The molecular weight excluding hydrogens is 298 g/mol. The maximum Gasteiger partial charge on any atom is 0.163 e. The van der Waals surface area contributed by atoms with E-state index < -0.39 is 5.79 Å². The van der Waals surface area contributed by atoms with Gasteiger partial charge in [-0.1, -0.05) is 36.4 Å². The van der Waals surface area contributed by atoms with Gasteiger partial charge in [0.25, 0.3) is 0 Å². The third-order valence-corrected chi connectivity index (χ3v) is 3.57. The highest BCUT2D eigenvalue weighted by Crippen LogP contribution is 2.28. The number of aliphatic imine (C=N–C) groups is 1. The maximum absolute atomic E-state index is 6.05. The van der Waals surface area contributed by atoms with Crippen molar-refractivity contribution in [1.82, 2.24) is 0 Å². The van der Waals surface area contributed by atoms with Gasteiger partial charge in [0.05, 0.1) is 18.4 Å². The molecule has 22 heavy (non-hydrogen) atoms. The van der Waals surface area contributed by atoms with Crippen molar-refractivity contribution in [2.24, 2.45) is 4.99 Å². The summed E-state index contributed by atoms with van der Waals surface area (Å²) in [4.78, 5) is 4.13. The van der Waals surface area contributed by atoms with Gasteiger partial charge in [-0.15, -0.1) is 6.58 Å². The minimum absolute atomic E-state index is 0.228. The molecule has 1 aromatic rings. The summed E-state index contributed by atoms with van der Waals surface area (Å²) in [5.74, 6) is -0.619. The first kappa shape index (κ1) is 17.0. The van der Waals surface area contributed by atoms with E-state index in [-0.39, 0.29) is 18.2 Å². The maximum atomic E-state index is 6.05. The second kappa shape index (κ2) is 7.77. The second-order valence-corrected chi connectivity index (χ2v) is 5.76. The molecule has 0 bridgehead atoms. The van der Waals surface area contributed by atoms with E-state index in [1.54, 1.807) is 6.08 Å². The molecule has 1 aliphatic heterocycles. The molecule has 0 radical (unpaired) electrons. The molecule has 1 saturated heterocycles. The van der Waals surface area contributed by atoms with Crippen LogP contribution in [0.4, 0.5) is 0 Å². The monoisotopic (exact) mass is 319 g/mol. The van der Waals surface area contributed by atoms with Crippen LogP contribution in [0.3, 0.4) is 0 Å². The van der Waals surface area contributed by atoms with Crippen molar-refractivity contribution in [2.45, 2.75) is 44.5 Å². The van der Waals surface area contributed by atoms with E-state index in [0.29, 0.717) is 13.2 Å². The van der Waals surface area contributed by atoms with Gasteiger partial charge in [0.15, 0.2) is 5.79 Å². The minimum atomic E-state index is -0.619. The zero-order valence-corrected chi connectivity index (χ0v) is 13.7. The second-order valence-electron chi connectivity index (χ2n) is 5.58. The van der Waals surface area contributed by atoms with Crippen LogP contribution in [0.15, 0.2) is 48.0 Å².